The van der Waals surface area contributed by atoms with Crippen molar-refractivity contribution in [2.75, 3.05) is 40.3 Å². The van der Waals surface area contributed by atoms with E-state index < -0.39 is 0 Å². The largest absolute Gasteiger partial charge is 0.469 e. The number of aliphatic imine (C=N–C) groups is 1. The Labute approximate surface area is 147 Å². The van der Waals surface area contributed by atoms with Gasteiger partial charge in [-0.1, -0.05) is 6.92 Å². The molecule has 136 valence electrons. The van der Waals surface area contributed by atoms with Gasteiger partial charge in [-0.25, -0.2) is 0 Å². The standard InChI is InChI=1S/C17H25N5O3/c1-12-10-22(11-14(12)16(24)25-3)17(18-2)21-8-7-20-15(23)13-5-4-6-19-9-13/h4-6,9,12,14H,7-8,10-11H2,1-3H3,(H,18,21)(H,20,23). The van der Waals surface area contributed by atoms with Crippen molar-refractivity contribution in [3.8, 4) is 0 Å². The maximum Gasteiger partial charge on any atom is 0.310 e. The molecule has 0 aromatic carbocycles. The summed E-state index contributed by atoms with van der Waals surface area (Å²) in [6.45, 7) is 4.34. The van der Waals surface area contributed by atoms with E-state index in [-0.39, 0.29) is 23.7 Å². The Bertz CT molecular complexity index is 620. The summed E-state index contributed by atoms with van der Waals surface area (Å²) in [5.41, 5.74) is 0.529. The van der Waals surface area contributed by atoms with E-state index in [1.54, 1.807) is 25.4 Å². The number of esters is 1. The minimum Gasteiger partial charge on any atom is -0.469 e. The van der Waals surface area contributed by atoms with Crippen LogP contribution < -0.4 is 10.6 Å². The van der Waals surface area contributed by atoms with Crippen LogP contribution in [-0.4, -0.2) is 68.1 Å². The number of hydrogen-bond acceptors (Lipinski definition) is 5. The van der Waals surface area contributed by atoms with E-state index in [4.69, 9.17) is 4.74 Å². The minimum atomic E-state index is -0.186. The number of amides is 1. The Hall–Kier alpha value is -2.64. The fourth-order valence-corrected chi connectivity index (χ4v) is 2.88. The number of rotatable bonds is 5. The lowest BCUT2D eigenvalue weighted by Crippen LogP contribution is -2.43. The van der Waals surface area contributed by atoms with Crippen LogP contribution in [0.4, 0.5) is 0 Å². The normalized spacial score (nSPS) is 20.3. The highest BCUT2D eigenvalue weighted by Gasteiger charge is 2.36. The summed E-state index contributed by atoms with van der Waals surface area (Å²) in [4.78, 5) is 33.9. The highest BCUT2D eigenvalue weighted by atomic mass is 16.5. The van der Waals surface area contributed by atoms with E-state index in [0.717, 1.165) is 6.54 Å². The highest BCUT2D eigenvalue weighted by Crippen LogP contribution is 2.23. The molecule has 0 radical (unpaired) electrons. The summed E-state index contributed by atoms with van der Waals surface area (Å²) in [7, 11) is 3.11. The van der Waals surface area contributed by atoms with Crippen LogP contribution in [0.5, 0.6) is 0 Å². The third-order valence-corrected chi connectivity index (χ3v) is 4.25. The number of pyridine rings is 1. The predicted molar refractivity (Wildman–Crippen MR) is 94.2 cm³/mol. The number of guanidine groups is 1. The smallest absolute Gasteiger partial charge is 0.310 e. The van der Waals surface area contributed by atoms with Crippen molar-refractivity contribution >= 4 is 17.8 Å². The number of ether oxygens (including phenoxy) is 1. The molecule has 1 aliphatic rings. The van der Waals surface area contributed by atoms with Gasteiger partial charge in [0.05, 0.1) is 18.6 Å². The molecule has 2 atom stereocenters. The van der Waals surface area contributed by atoms with Gasteiger partial charge < -0.3 is 20.3 Å². The number of likely N-dealkylation sites (tertiary alicyclic amines) is 1. The molecule has 1 aliphatic heterocycles. The average Bonchev–Trinajstić information content (AvgIpc) is 3.03. The molecular weight excluding hydrogens is 322 g/mol. The molecule has 1 aromatic heterocycles. The van der Waals surface area contributed by atoms with Crippen molar-refractivity contribution in [1.29, 1.82) is 0 Å². The lowest BCUT2D eigenvalue weighted by molar-refractivity contribution is -0.145. The summed E-state index contributed by atoms with van der Waals surface area (Å²) >= 11 is 0. The van der Waals surface area contributed by atoms with Crippen LogP contribution in [0.15, 0.2) is 29.5 Å². The van der Waals surface area contributed by atoms with Crippen molar-refractivity contribution in [1.82, 2.24) is 20.5 Å². The Morgan fingerprint density at radius 2 is 2.12 bits per heavy atom. The summed E-state index contributed by atoms with van der Waals surface area (Å²) in [5.74, 6) is 0.429. The van der Waals surface area contributed by atoms with E-state index in [9.17, 15) is 9.59 Å². The molecule has 8 nitrogen and oxygen atoms in total. The Kier molecular flexibility index (Phi) is 6.73. The zero-order valence-electron chi connectivity index (χ0n) is 14.9. The van der Waals surface area contributed by atoms with Gasteiger partial charge in [0.1, 0.15) is 0 Å². The van der Waals surface area contributed by atoms with Crippen LogP contribution in [0, 0.1) is 11.8 Å². The molecular formula is C17H25N5O3. The first-order chi connectivity index (χ1) is 12.1. The van der Waals surface area contributed by atoms with E-state index in [0.29, 0.717) is 31.2 Å². The van der Waals surface area contributed by atoms with Crippen LogP contribution in [0.25, 0.3) is 0 Å². The SMILES string of the molecule is CN=C(NCCNC(=O)c1cccnc1)N1CC(C)C(C(=O)OC)C1. The molecule has 2 heterocycles. The van der Waals surface area contributed by atoms with Gasteiger partial charge in [0.2, 0.25) is 0 Å². The van der Waals surface area contributed by atoms with Gasteiger partial charge >= 0.3 is 5.97 Å². The predicted octanol–water partition coefficient (Wildman–Crippen LogP) is 0.128. The molecule has 25 heavy (non-hydrogen) atoms. The third kappa shape index (κ3) is 4.91. The van der Waals surface area contributed by atoms with Gasteiger partial charge in [-0.05, 0) is 18.1 Å². The molecule has 8 heteroatoms. The number of aromatic nitrogens is 1. The molecule has 2 N–H and O–H groups in total. The molecule has 0 bridgehead atoms. The van der Waals surface area contributed by atoms with E-state index in [1.165, 1.54) is 13.3 Å². The van der Waals surface area contributed by atoms with Gasteiger partial charge in [-0.3, -0.25) is 19.6 Å². The van der Waals surface area contributed by atoms with Gasteiger partial charge in [-0.2, -0.15) is 0 Å². The zero-order valence-corrected chi connectivity index (χ0v) is 14.9. The Morgan fingerprint density at radius 3 is 2.76 bits per heavy atom. The first-order valence-electron chi connectivity index (χ1n) is 8.28. The Balaban J connectivity index is 1.78. The van der Waals surface area contributed by atoms with E-state index in [1.807, 2.05) is 11.8 Å². The third-order valence-electron chi connectivity index (χ3n) is 4.25. The molecule has 1 aromatic rings. The van der Waals surface area contributed by atoms with Gasteiger partial charge in [0.15, 0.2) is 5.96 Å². The molecule has 0 saturated carbocycles. The second-order valence-electron chi connectivity index (χ2n) is 5.98. The lowest BCUT2D eigenvalue weighted by atomic mass is 9.99. The van der Waals surface area contributed by atoms with Crippen molar-refractivity contribution in [2.24, 2.45) is 16.8 Å². The molecule has 0 spiro atoms. The monoisotopic (exact) mass is 347 g/mol. The second kappa shape index (κ2) is 9.00. The van der Waals surface area contributed by atoms with Gasteiger partial charge in [0, 0.05) is 45.6 Å². The summed E-state index contributed by atoms with van der Waals surface area (Å²) in [5, 5.41) is 6.03. The topological polar surface area (TPSA) is 95.9 Å². The first-order valence-corrected chi connectivity index (χ1v) is 8.28. The van der Waals surface area contributed by atoms with E-state index >= 15 is 0 Å². The molecule has 1 amide bonds. The van der Waals surface area contributed by atoms with Gasteiger partial charge in [0.25, 0.3) is 5.91 Å². The maximum atomic E-state index is 11.9. The number of nitrogens with one attached hydrogen (secondary N) is 2. The molecule has 1 saturated heterocycles. The van der Waals surface area contributed by atoms with Crippen molar-refractivity contribution in [2.45, 2.75) is 6.92 Å². The lowest BCUT2D eigenvalue weighted by Gasteiger charge is -2.21. The average molecular weight is 347 g/mol. The minimum absolute atomic E-state index is 0.145. The number of hydrogen-bond donors (Lipinski definition) is 2. The van der Waals surface area contributed by atoms with Crippen LogP contribution in [0.3, 0.4) is 0 Å². The highest BCUT2D eigenvalue weighted by molar-refractivity contribution is 5.93. The molecule has 1 fully saturated rings. The molecule has 2 unspecified atom stereocenters. The van der Waals surface area contributed by atoms with Gasteiger partial charge in [-0.15, -0.1) is 0 Å². The van der Waals surface area contributed by atoms with Crippen molar-refractivity contribution in [3.05, 3.63) is 30.1 Å². The second-order valence-corrected chi connectivity index (χ2v) is 5.98. The number of methoxy groups -OCH3 is 1. The quantitative estimate of drug-likeness (QED) is 0.340. The van der Waals surface area contributed by atoms with Crippen LogP contribution in [0.2, 0.25) is 0 Å². The van der Waals surface area contributed by atoms with Crippen molar-refractivity contribution in [3.63, 3.8) is 0 Å². The summed E-state index contributed by atoms with van der Waals surface area (Å²) in [6, 6.07) is 3.44. The maximum absolute atomic E-state index is 11.9. The summed E-state index contributed by atoms with van der Waals surface area (Å²) in [6.07, 6.45) is 3.15. The molecule has 2 rings (SSSR count). The van der Waals surface area contributed by atoms with Crippen molar-refractivity contribution < 1.29 is 14.3 Å². The van der Waals surface area contributed by atoms with Crippen LogP contribution in [-0.2, 0) is 9.53 Å². The zero-order chi connectivity index (χ0) is 18.2. The van der Waals surface area contributed by atoms with Crippen LogP contribution in [0.1, 0.15) is 17.3 Å². The number of carbonyl (C=O) groups excluding carboxylic acids is 2. The number of carbonyl (C=O) groups is 2. The number of nitrogens with zero attached hydrogens (tertiary/aromatic N) is 3. The Morgan fingerprint density at radius 1 is 1.36 bits per heavy atom. The molecule has 0 aliphatic carbocycles. The summed E-state index contributed by atoms with van der Waals surface area (Å²) < 4.78 is 4.85. The van der Waals surface area contributed by atoms with E-state index in [2.05, 4.69) is 20.6 Å². The fraction of sp³-hybridized carbons (Fsp3) is 0.529. The van der Waals surface area contributed by atoms with Crippen LogP contribution >= 0.6 is 0 Å². The first kappa shape index (κ1) is 18.7. The fourth-order valence-electron chi connectivity index (χ4n) is 2.88.